The summed E-state index contributed by atoms with van der Waals surface area (Å²) in [5.41, 5.74) is 3.20. The molecule has 1 fully saturated rings. The van der Waals surface area contributed by atoms with Crippen LogP contribution >= 0.6 is 11.3 Å². The molecule has 33 heavy (non-hydrogen) atoms. The first-order chi connectivity index (χ1) is 16.1. The molecular weight excluding hydrogens is 438 g/mol. The first-order valence-electron chi connectivity index (χ1n) is 10.8. The van der Waals surface area contributed by atoms with Gasteiger partial charge in [0.05, 0.1) is 34.3 Å². The highest BCUT2D eigenvalue weighted by Crippen LogP contribution is 2.31. The van der Waals surface area contributed by atoms with E-state index in [4.69, 9.17) is 9.97 Å². The molecule has 10 nitrogen and oxygen atoms in total. The summed E-state index contributed by atoms with van der Waals surface area (Å²) in [4.78, 5) is 27.6. The van der Waals surface area contributed by atoms with E-state index in [2.05, 4.69) is 25.6 Å². The summed E-state index contributed by atoms with van der Waals surface area (Å²) in [6.45, 7) is 3.14. The number of H-pyrrole nitrogens is 1. The van der Waals surface area contributed by atoms with Crippen molar-refractivity contribution in [1.29, 1.82) is 0 Å². The number of fused-ring (bicyclic) bond motifs is 2. The Hall–Kier alpha value is -3.86. The van der Waals surface area contributed by atoms with Crippen LogP contribution in [0, 0.1) is 0 Å². The molecule has 0 radical (unpaired) electrons. The molecule has 0 unspecified atom stereocenters. The van der Waals surface area contributed by atoms with Gasteiger partial charge in [0.15, 0.2) is 16.6 Å². The molecule has 1 aliphatic rings. The minimum absolute atomic E-state index is 0.132. The third kappa shape index (κ3) is 3.69. The van der Waals surface area contributed by atoms with Crippen molar-refractivity contribution in [3.63, 3.8) is 0 Å². The van der Waals surface area contributed by atoms with Crippen LogP contribution in [0.3, 0.4) is 0 Å². The maximum atomic E-state index is 11.6. The lowest BCUT2D eigenvalue weighted by molar-refractivity contribution is -0.130. The highest BCUT2D eigenvalue weighted by Gasteiger charge is 2.23. The summed E-state index contributed by atoms with van der Waals surface area (Å²) in [5, 5.41) is 15.8. The van der Waals surface area contributed by atoms with Crippen LogP contribution in [0.4, 0.5) is 11.5 Å². The average molecular weight is 460 g/mol. The van der Waals surface area contributed by atoms with Crippen LogP contribution < -0.4 is 5.32 Å². The molecular formula is C22H21N9OS. The van der Waals surface area contributed by atoms with Crippen LogP contribution in [-0.4, -0.2) is 58.8 Å². The fourth-order valence-electron chi connectivity index (χ4n) is 4.18. The van der Waals surface area contributed by atoms with Gasteiger partial charge in [-0.2, -0.15) is 10.2 Å². The molecule has 5 aromatic rings. The number of carbonyl (C=O) groups is 1. The molecule has 1 amide bonds. The summed E-state index contributed by atoms with van der Waals surface area (Å²) in [7, 11) is 0. The van der Waals surface area contributed by atoms with Gasteiger partial charge in [-0.25, -0.2) is 15.0 Å². The number of hydrogen-bond acceptors (Lipinski definition) is 8. The number of anilines is 2. The lowest BCUT2D eigenvalue weighted by atomic mass is 10.1. The van der Waals surface area contributed by atoms with Crippen LogP contribution in [0.1, 0.15) is 25.8 Å². The quantitative estimate of drug-likeness (QED) is 0.420. The molecule has 0 aliphatic carbocycles. The Balaban J connectivity index is 1.28. The predicted molar refractivity (Wildman–Crippen MR) is 126 cm³/mol. The van der Waals surface area contributed by atoms with Crippen LogP contribution in [0.25, 0.3) is 32.1 Å². The molecule has 1 aromatic carbocycles. The van der Waals surface area contributed by atoms with E-state index in [1.165, 1.54) is 0 Å². The number of para-hydroxylation sites is 1. The second kappa shape index (κ2) is 7.93. The zero-order chi connectivity index (χ0) is 22.4. The van der Waals surface area contributed by atoms with Gasteiger partial charge >= 0.3 is 0 Å². The SMILES string of the molecule is CC(=O)N1CCC(n2cc(Nc3nc(-c4nc5ccccc5s4)nc4cn[nH]c34)cn2)CC1. The maximum absolute atomic E-state index is 11.6. The highest BCUT2D eigenvalue weighted by atomic mass is 32.1. The molecule has 0 spiro atoms. The lowest BCUT2D eigenvalue weighted by Gasteiger charge is -2.31. The first kappa shape index (κ1) is 19.8. The van der Waals surface area contributed by atoms with Crippen molar-refractivity contribution < 1.29 is 4.79 Å². The fourth-order valence-corrected chi connectivity index (χ4v) is 5.08. The van der Waals surface area contributed by atoms with Gasteiger partial charge in [0.2, 0.25) is 5.91 Å². The minimum Gasteiger partial charge on any atom is -0.343 e. The fraction of sp³-hybridized carbons (Fsp3) is 0.273. The molecule has 166 valence electrons. The number of aromatic amines is 1. The topological polar surface area (TPSA) is 118 Å². The Bertz CT molecular complexity index is 1430. The summed E-state index contributed by atoms with van der Waals surface area (Å²) in [6, 6.07) is 8.27. The van der Waals surface area contributed by atoms with Crippen molar-refractivity contribution in [3.05, 3.63) is 42.9 Å². The maximum Gasteiger partial charge on any atom is 0.219 e. The zero-order valence-electron chi connectivity index (χ0n) is 17.9. The van der Waals surface area contributed by atoms with Crippen molar-refractivity contribution in [2.75, 3.05) is 18.4 Å². The third-order valence-electron chi connectivity index (χ3n) is 5.93. The van der Waals surface area contributed by atoms with Gasteiger partial charge in [0, 0.05) is 26.2 Å². The Kier molecular flexibility index (Phi) is 4.75. The number of thiazole rings is 1. The molecule has 2 N–H and O–H groups in total. The van der Waals surface area contributed by atoms with Crippen molar-refractivity contribution >= 4 is 50.0 Å². The van der Waals surface area contributed by atoms with Gasteiger partial charge in [-0.1, -0.05) is 12.1 Å². The monoisotopic (exact) mass is 459 g/mol. The van der Waals surface area contributed by atoms with Crippen molar-refractivity contribution in [2.45, 2.75) is 25.8 Å². The average Bonchev–Trinajstić information content (AvgIpc) is 3.58. The van der Waals surface area contributed by atoms with E-state index in [-0.39, 0.29) is 11.9 Å². The molecule has 1 saturated heterocycles. The van der Waals surface area contributed by atoms with Gasteiger partial charge in [-0.15, -0.1) is 11.3 Å². The summed E-state index contributed by atoms with van der Waals surface area (Å²) < 4.78 is 3.06. The van der Waals surface area contributed by atoms with E-state index in [1.807, 2.05) is 40.0 Å². The number of hydrogen-bond donors (Lipinski definition) is 2. The predicted octanol–water partition coefficient (Wildman–Crippen LogP) is 3.75. The normalized spacial score (nSPS) is 14.9. The Morgan fingerprint density at radius 2 is 1.97 bits per heavy atom. The molecule has 11 heteroatoms. The lowest BCUT2D eigenvalue weighted by Crippen LogP contribution is -2.37. The second-order valence-corrected chi connectivity index (χ2v) is 9.11. The zero-order valence-corrected chi connectivity index (χ0v) is 18.7. The molecule has 0 atom stereocenters. The number of likely N-dealkylation sites (tertiary alicyclic amines) is 1. The van der Waals surface area contributed by atoms with Crippen LogP contribution in [0.2, 0.25) is 0 Å². The molecule has 4 aromatic heterocycles. The Morgan fingerprint density at radius 1 is 1.12 bits per heavy atom. The second-order valence-electron chi connectivity index (χ2n) is 8.08. The highest BCUT2D eigenvalue weighted by molar-refractivity contribution is 7.21. The van der Waals surface area contributed by atoms with Crippen LogP contribution in [-0.2, 0) is 4.79 Å². The van der Waals surface area contributed by atoms with Gasteiger partial charge < -0.3 is 10.2 Å². The van der Waals surface area contributed by atoms with Gasteiger partial charge in [0.1, 0.15) is 11.0 Å². The van der Waals surface area contributed by atoms with Gasteiger partial charge in [0.25, 0.3) is 0 Å². The number of nitrogens with zero attached hydrogens (tertiary/aromatic N) is 7. The minimum atomic E-state index is 0.132. The van der Waals surface area contributed by atoms with Crippen molar-refractivity contribution in [3.8, 4) is 10.8 Å². The number of amides is 1. The summed E-state index contributed by atoms with van der Waals surface area (Å²) >= 11 is 1.56. The molecule has 0 bridgehead atoms. The van der Waals surface area contributed by atoms with Gasteiger partial charge in [-0.3, -0.25) is 14.6 Å². The van der Waals surface area contributed by atoms with E-state index >= 15 is 0 Å². The Labute approximate surface area is 192 Å². The number of carbonyl (C=O) groups excluding carboxylic acids is 1. The van der Waals surface area contributed by atoms with E-state index in [1.54, 1.807) is 30.7 Å². The number of rotatable bonds is 4. The number of aromatic nitrogens is 7. The standard InChI is InChI=1S/C22H21N9OS/c1-13(32)30-8-6-15(7-9-30)31-12-14(10-24-31)25-20-19-17(11-23-29-19)26-21(28-20)22-27-16-4-2-3-5-18(16)33-22/h2-5,10-12,15H,6-9H2,1H3,(H,23,29)(H,25,26,28). The smallest absolute Gasteiger partial charge is 0.219 e. The van der Waals surface area contributed by atoms with Gasteiger partial charge in [-0.05, 0) is 25.0 Å². The van der Waals surface area contributed by atoms with Crippen molar-refractivity contribution in [1.82, 2.24) is 39.8 Å². The number of benzene rings is 1. The third-order valence-corrected chi connectivity index (χ3v) is 6.97. The summed E-state index contributed by atoms with van der Waals surface area (Å²) in [6.07, 6.45) is 7.24. The van der Waals surface area contributed by atoms with Crippen LogP contribution in [0.15, 0.2) is 42.9 Å². The number of nitrogens with one attached hydrogen (secondary N) is 2. The molecule has 6 rings (SSSR count). The van der Waals surface area contributed by atoms with E-state index < -0.39 is 0 Å². The Morgan fingerprint density at radius 3 is 2.79 bits per heavy atom. The van der Waals surface area contributed by atoms with E-state index in [0.29, 0.717) is 17.2 Å². The number of piperidine rings is 1. The van der Waals surface area contributed by atoms with E-state index in [0.717, 1.165) is 52.4 Å². The molecule has 1 aliphatic heterocycles. The van der Waals surface area contributed by atoms with E-state index in [9.17, 15) is 4.79 Å². The molecule has 5 heterocycles. The molecule has 0 saturated carbocycles. The largest absolute Gasteiger partial charge is 0.343 e. The summed E-state index contributed by atoms with van der Waals surface area (Å²) in [5.74, 6) is 1.31. The van der Waals surface area contributed by atoms with Crippen molar-refractivity contribution in [2.24, 2.45) is 0 Å². The van der Waals surface area contributed by atoms with Crippen LogP contribution in [0.5, 0.6) is 0 Å². The first-order valence-corrected chi connectivity index (χ1v) is 11.6.